The number of phenolic OH excluding ortho intramolecular Hbond substituents is 1. The van der Waals surface area contributed by atoms with Gasteiger partial charge in [0.15, 0.2) is 37.7 Å². The fourth-order valence-electron chi connectivity index (χ4n) is 6.02. The van der Waals surface area contributed by atoms with Crippen LogP contribution in [-0.4, -0.2) is 117 Å². The minimum absolute atomic E-state index is 0.0370. The Bertz CT molecular complexity index is 3740. The second-order valence-electron chi connectivity index (χ2n) is 14.3. The van der Waals surface area contributed by atoms with Gasteiger partial charge in [0, 0.05) is 22.1 Å². The number of phenols is 1. The van der Waals surface area contributed by atoms with Gasteiger partial charge in [0.25, 0.3) is 20.2 Å². The summed E-state index contributed by atoms with van der Waals surface area (Å²) in [6.07, 6.45) is -1.35. The first-order valence-electron chi connectivity index (χ1n) is 19.9. The summed E-state index contributed by atoms with van der Waals surface area (Å²) in [4.78, 5) is 9.50. The number of rotatable bonds is 27. The number of hydrogen-bond acceptors (Lipinski definition) is 31. The molecule has 32 nitrogen and oxygen atoms in total. The van der Waals surface area contributed by atoms with E-state index in [2.05, 4.69) is 74.3 Å². The predicted molar refractivity (Wildman–Crippen MR) is 260 cm³/mol. The second-order valence-corrected chi connectivity index (χ2v) is 23.7. The van der Waals surface area contributed by atoms with Gasteiger partial charge in [0.2, 0.25) is 11.9 Å². The van der Waals surface area contributed by atoms with E-state index < -0.39 is 114 Å². The van der Waals surface area contributed by atoms with Crippen LogP contribution in [0.25, 0.3) is 10.8 Å². The summed E-state index contributed by atoms with van der Waals surface area (Å²) in [6, 6.07) is 16.0. The van der Waals surface area contributed by atoms with Crippen LogP contribution in [0.1, 0.15) is 0 Å². The summed E-state index contributed by atoms with van der Waals surface area (Å²) in [5.74, 6) is -4.11. The van der Waals surface area contributed by atoms with Gasteiger partial charge in [-0.3, -0.25) is 17.8 Å². The van der Waals surface area contributed by atoms with Gasteiger partial charge in [-0.1, -0.05) is 10.1 Å². The van der Waals surface area contributed by atoms with Crippen molar-refractivity contribution >= 4 is 137 Å². The van der Waals surface area contributed by atoms with Gasteiger partial charge >= 0.3 is 16.5 Å². The Labute approximate surface area is 436 Å². The molecule has 76 heavy (non-hydrogen) atoms. The number of fused-ring (bicyclic) bond motifs is 1. The minimum Gasteiger partial charge on any atom is -0.505 e. The highest BCUT2D eigenvalue weighted by Crippen LogP contribution is 2.48. The van der Waals surface area contributed by atoms with Gasteiger partial charge in [-0.2, -0.15) is 49.7 Å². The van der Waals surface area contributed by atoms with Crippen molar-refractivity contribution in [1.82, 2.24) is 15.0 Å². The molecule has 0 aliphatic heterocycles. The first-order valence-corrected chi connectivity index (χ1v) is 29.0. The number of aromatic nitrogens is 3. The van der Waals surface area contributed by atoms with E-state index in [4.69, 9.17) is 19.3 Å². The fraction of sp³-hybridized carbons (Fsp3) is 0.139. The normalized spacial score (nSPS) is 12.7. The summed E-state index contributed by atoms with van der Waals surface area (Å²) in [7, 11) is -22.7. The zero-order valence-electron chi connectivity index (χ0n) is 37.2. The maximum atomic E-state index is 14.7. The molecule has 408 valence electrons. The van der Waals surface area contributed by atoms with Crippen LogP contribution in [0.15, 0.2) is 125 Å². The van der Waals surface area contributed by atoms with E-state index in [1.165, 1.54) is 54.6 Å². The molecule has 0 radical (unpaired) electrons. The van der Waals surface area contributed by atoms with Gasteiger partial charge in [0.1, 0.15) is 27.8 Å². The van der Waals surface area contributed by atoms with Gasteiger partial charge in [0.05, 0.1) is 62.8 Å². The molecular weight excluding hydrogens is 1170 g/mol. The van der Waals surface area contributed by atoms with Crippen molar-refractivity contribution in [3.63, 3.8) is 0 Å². The molecule has 40 heteroatoms. The second kappa shape index (κ2) is 25.2. The number of nitrogens with one attached hydrogen (secondary N) is 3. The molecule has 0 fully saturated rings. The Morgan fingerprint density at radius 2 is 1.22 bits per heavy atom. The fourth-order valence-corrected chi connectivity index (χ4v) is 10.3. The summed E-state index contributed by atoms with van der Waals surface area (Å²) >= 11 is 0.366. The maximum absolute atomic E-state index is 14.7. The zero-order valence-corrected chi connectivity index (χ0v) is 42.9. The molecular formula is C36H33FN10O22S7. The monoisotopic (exact) mass is 1200 g/mol. The standard InChI is InChI=1S/C36H33FN10O22S7/c37-34-41-35(39-20-1-6-23(7-2-20)73(53,54)16-14-65-76(61,62)63)43-36(42-34)40-22-5-12-30(75(58,59)60)28(17-22)45-47-32-29(70-68-66-49)18-26-25(33(32)48)10-11-27(38-19-74(55,56)57)31(26)46-44-21-3-8-24(9-4-21)72(51,52)15-13-64-71-69-67-50/h1-12,17-18,38,48-50H,13-16,19H2,(H,55,56,57)(H,58,59,60)(H,61,62,63)(H2,39,40,41,42,43). The molecule has 0 spiro atoms. The highest BCUT2D eigenvalue weighted by molar-refractivity contribution is 7.94. The van der Waals surface area contributed by atoms with Crippen LogP contribution in [0.2, 0.25) is 0 Å². The Kier molecular flexibility index (Phi) is 19.6. The molecule has 0 atom stereocenters. The highest BCUT2D eigenvalue weighted by Gasteiger charge is 2.23. The molecule has 0 saturated carbocycles. The molecule has 9 N–H and O–H groups in total. The van der Waals surface area contributed by atoms with Crippen molar-refractivity contribution in [2.24, 2.45) is 20.5 Å². The number of halogens is 1. The van der Waals surface area contributed by atoms with E-state index in [0.29, 0.717) is 0 Å². The molecule has 6 rings (SSSR count). The van der Waals surface area contributed by atoms with E-state index in [-0.39, 0.29) is 84.9 Å². The molecule has 0 aliphatic carbocycles. The molecule has 0 amide bonds. The lowest BCUT2D eigenvalue weighted by Crippen LogP contribution is -2.15. The number of aromatic hydroxyl groups is 1. The topological polar surface area (TPSA) is 472 Å². The van der Waals surface area contributed by atoms with Crippen LogP contribution in [0.5, 0.6) is 5.75 Å². The summed E-state index contributed by atoms with van der Waals surface area (Å²) in [5.41, 5.74) is -1.49. The van der Waals surface area contributed by atoms with E-state index in [1.807, 2.05) is 0 Å². The first-order chi connectivity index (χ1) is 35.7. The van der Waals surface area contributed by atoms with Gasteiger partial charge in [-0.15, -0.1) is 24.0 Å². The van der Waals surface area contributed by atoms with Gasteiger partial charge in [-0.25, -0.2) is 31.5 Å². The summed E-state index contributed by atoms with van der Waals surface area (Å²) in [5, 5.41) is 59.5. The first kappa shape index (κ1) is 59.0. The Balaban J connectivity index is 1.32. The highest BCUT2D eigenvalue weighted by atomic mass is 32.3. The van der Waals surface area contributed by atoms with Crippen molar-refractivity contribution in [3.05, 3.63) is 91.0 Å². The van der Waals surface area contributed by atoms with Crippen molar-refractivity contribution in [1.29, 1.82) is 0 Å². The van der Waals surface area contributed by atoms with Crippen LogP contribution < -0.4 is 16.0 Å². The molecule has 6 aromatic rings. The third kappa shape index (κ3) is 16.9. The zero-order chi connectivity index (χ0) is 55.5. The van der Waals surface area contributed by atoms with Crippen molar-refractivity contribution in [3.8, 4) is 5.75 Å². The number of nitrogens with zero attached hydrogens (tertiary/aromatic N) is 7. The molecule has 0 aliphatic rings. The minimum atomic E-state index is -5.10. The summed E-state index contributed by atoms with van der Waals surface area (Å²) in [6.45, 7) is -1.25. The smallest absolute Gasteiger partial charge is 0.397 e. The third-order valence-electron chi connectivity index (χ3n) is 9.22. The van der Waals surface area contributed by atoms with Crippen LogP contribution in [0.3, 0.4) is 0 Å². The van der Waals surface area contributed by atoms with E-state index in [0.717, 1.165) is 30.3 Å². The largest absolute Gasteiger partial charge is 0.505 e. The van der Waals surface area contributed by atoms with Crippen LogP contribution in [-0.2, 0) is 77.4 Å². The molecule has 0 bridgehead atoms. The third-order valence-corrected chi connectivity index (χ3v) is 15.5. The molecule has 1 aromatic heterocycles. The lowest BCUT2D eigenvalue weighted by molar-refractivity contribution is -0.434. The van der Waals surface area contributed by atoms with Crippen molar-refractivity contribution in [2.75, 3.05) is 46.5 Å². The Morgan fingerprint density at radius 3 is 1.83 bits per heavy atom. The van der Waals surface area contributed by atoms with Crippen LogP contribution in [0, 0.1) is 6.08 Å². The number of azo groups is 2. The number of benzene rings is 5. The molecule has 0 unspecified atom stereocenters. The Hall–Kier alpha value is -6.29. The van der Waals surface area contributed by atoms with Crippen LogP contribution in [0.4, 0.5) is 56.1 Å². The number of hydrogen-bond donors (Lipinski definition) is 9. The van der Waals surface area contributed by atoms with Crippen molar-refractivity contribution in [2.45, 2.75) is 19.6 Å². The van der Waals surface area contributed by atoms with E-state index >= 15 is 0 Å². The van der Waals surface area contributed by atoms with E-state index in [9.17, 15) is 60.7 Å². The van der Waals surface area contributed by atoms with E-state index in [1.54, 1.807) is 0 Å². The predicted octanol–water partition coefficient (Wildman–Crippen LogP) is 6.49. The SMILES string of the molecule is O=S(=O)(O)CNc1ccc2c(O)c(N=Nc3cc(Nc4nc(F)nc(Nc5ccc(S(=O)(=O)CCOS(=O)(=O)O)cc5)n4)ccc3S(=O)(=O)O)c(SOOO)cc2c1N=Nc1ccc(S(=O)(=O)CCOSOOO)cc1. The van der Waals surface area contributed by atoms with Gasteiger partial charge < -0.3 is 21.1 Å². The number of anilines is 5. The average Bonchev–Trinajstić information content (AvgIpc) is 3.33. The lowest BCUT2D eigenvalue weighted by Gasteiger charge is -2.14. The van der Waals surface area contributed by atoms with Gasteiger partial charge in [-0.05, 0) is 84.9 Å². The number of sulfone groups is 2. The van der Waals surface area contributed by atoms with Crippen LogP contribution >= 0.6 is 24.4 Å². The summed E-state index contributed by atoms with van der Waals surface area (Å²) < 4.78 is 181. The van der Waals surface area contributed by atoms with Crippen molar-refractivity contribution < 1.29 is 103 Å². The molecule has 0 saturated heterocycles. The molecule has 1 heterocycles. The maximum Gasteiger partial charge on any atom is 0.397 e. The Morgan fingerprint density at radius 1 is 0.632 bits per heavy atom. The lowest BCUT2D eigenvalue weighted by atomic mass is 10.1. The molecule has 5 aromatic carbocycles. The quantitative estimate of drug-likeness (QED) is 0.00664. The average molecular weight is 1200 g/mol.